The molecule has 0 radical (unpaired) electrons. The predicted molar refractivity (Wildman–Crippen MR) is 121 cm³/mol. The Kier molecular flexibility index (Phi) is 8.13. The Bertz CT molecular complexity index is 822. The summed E-state index contributed by atoms with van der Waals surface area (Å²) in [6.45, 7) is 12.3. The second-order valence-electron chi connectivity index (χ2n) is 7.55. The zero-order chi connectivity index (χ0) is 20.8. The summed E-state index contributed by atoms with van der Waals surface area (Å²) < 4.78 is 0. The predicted octanol–water partition coefficient (Wildman–Crippen LogP) is 7.00. The van der Waals surface area contributed by atoms with Crippen molar-refractivity contribution < 1.29 is 9.59 Å². The van der Waals surface area contributed by atoms with Gasteiger partial charge in [-0.2, -0.15) is 0 Å². The monoisotopic (exact) mass is 396 g/mol. The van der Waals surface area contributed by atoms with Crippen LogP contribution in [0.25, 0.3) is 0 Å². The van der Waals surface area contributed by atoms with Gasteiger partial charge in [0.25, 0.3) is 0 Å². The van der Waals surface area contributed by atoms with Gasteiger partial charge >= 0.3 is 0 Å². The number of carbonyl (C=O) groups is 2. The van der Waals surface area contributed by atoms with Gasteiger partial charge in [0.05, 0.1) is 0 Å². The minimum absolute atomic E-state index is 0.0522. The summed E-state index contributed by atoms with van der Waals surface area (Å²) in [4.78, 5) is 27.3. The third kappa shape index (κ3) is 4.78. The summed E-state index contributed by atoms with van der Waals surface area (Å²) in [5.41, 5.74) is 6.95. The number of hydrogen-bond acceptors (Lipinski definition) is 2. The average molecular weight is 397 g/mol. The molecule has 0 saturated carbocycles. The van der Waals surface area contributed by atoms with Gasteiger partial charge in [-0.25, -0.2) is 0 Å². The van der Waals surface area contributed by atoms with Crippen molar-refractivity contribution in [2.75, 3.05) is 6.16 Å². The van der Waals surface area contributed by atoms with E-state index in [4.69, 9.17) is 0 Å². The van der Waals surface area contributed by atoms with E-state index in [2.05, 4.69) is 32.9 Å². The topological polar surface area (TPSA) is 34.1 Å². The zero-order valence-electron chi connectivity index (χ0n) is 18.2. The van der Waals surface area contributed by atoms with Crippen LogP contribution in [-0.4, -0.2) is 17.2 Å². The van der Waals surface area contributed by atoms with Crippen LogP contribution in [0.5, 0.6) is 0 Å². The van der Waals surface area contributed by atoms with Gasteiger partial charge in [0.15, 0.2) is 11.0 Å². The molecular formula is C25H33O2P. The molecule has 0 aliphatic heterocycles. The highest BCUT2D eigenvalue weighted by atomic mass is 31.1. The maximum Gasteiger partial charge on any atom is 0.192 e. The van der Waals surface area contributed by atoms with Crippen LogP contribution in [0.4, 0.5) is 0 Å². The van der Waals surface area contributed by atoms with Crippen LogP contribution >= 0.6 is 7.92 Å². The van der Waals surface area contributed by atoms with Gasteiger partial charge in [-0.3, -0.25) is 9.59 Å². The highest BCUT2D eigenvalue weighted by Gasteiger charge is 2.31. The summed E-state index contributed by atoms with van der Waals surface area (Å²) >= 11 is 0. The largest absolute Gasteiger partial charge is 0.289 e. The molecule has 28 heavy (non-hydrogen) atoms. The highest BCUT2D eigenvalue weighted by molar-refractivity contribution is 7.90. The Morgan fingerprint density at radius 1 is 0.821 bits per heavy atom. The standard InChI is InChI=1S/C25H33O2P/c1-7-10-14-28(24(26)22-18(5)15-17(4)16-19(22)6)25(27)23-20(8-2)12-11-13-21(23)9-3/h11-13,15-16H,7-10,14H2,1-6H3. The molecule has 0 amide bonds. The lowest BCUT2D eigenvalue weighted by molar-refractivity contribution is 0.105. The van der Waals surface area contributed by atoms with Crippen LogP contribution in [-0.2, 0) is 12.8 Å². The van der Waals surface area contributed by atoms with Crippen LogP contribution in [0.3, 0.4) is 0 Å². The molecule has 0 aromatic heterocycles. The Balaban J connectivity index is 2.56. The molecular weight excluding hydrogens is 363 g/mol. The summed E-state index contributed by atoms with van der Waals surface area (Å²) in [7, 11) is -1.41. The van der Waals surface area contributed by atoms with Crippen molar-refractivity contribution >= 4 is 19.0 Å². The van der Waals surface area contributed by atoms with Gasteiger partial charge in [0.1, 0.15) is 0 Å². The fraction of sp³-hybridized carbons (Fsp3) is 0.440. The molecule has 0 fully saturated rings. The second-order valence-corrected chi connectivity index (χ2v) is 9.66. The van der Waals surface area contributed by atoms with E-state index in [0.717, 1.165) is 64.6 Å². The van der Waals surface area contributed by atoms with Gasteiger partial charge < -0.3 is 0 Å². The minimum Gasteiger partial charge on any atom is -0.289 e. The molecule has 2 nitrogen and oxygen atoms in total. The Labute approximate surface area is 171 Å². The third-order valence-electron chi connectivity index (χ3n) is 5.33. The molecule has 2 aromatic rings. The maximum atomic E-state index is 13.7. The molecule has 0 saturated heterocycles. The fourth-order valence-corrected chi connectivity index (χ4v) is 6.32. The van der Waals surface area contributed by atoms with E-state index in [0.29, 0.717) is 6.16 Å². The van der Waals surface area contributed by atoms with Crippen molar-refractivity contribution in [1.29, 1.82) is 0 Å². The van der Waals surface area contributed by atoms with E-state index >= 15 is 0 Å². The smallest absolute Gasteiger partial charge is 0.192 e. The Morgan fingerprint density at radius 2 is 1.32 bits per heavy atom. The van der Waals surface area contributed by atoms with E-state index in [1.807, 2.05) is 39.0 Å². The molecule has 2 rings (SSSR count). The first-order valence-electron chi connectivity index (χ1n) is 10.4. The molecule has 0 aliphatic carbocycles. The molecule has 3 heteroatoms. The second kappa shape index (κ2) is 10.1. The molecule has 0 N–H and O–H groups in total. The summed E-state index contributed by atoms with van der Waals surface area (Å²) in [5.74, 6) is 0. The molecule has 0 heterocycles. The number of aryl methyl sites for hydroxylation is 5. The van der Waals surface area contributed by atoms with Crippen molar-refractivity contribution in [1.82, 2.24) is 0 Å². The van der Waals surface area contributed by atoms with Gasteiger partial charge in [-0.05, 0) is 68.4 Å². The lowest BCUT2D eigenvalue weighted by atomic mass is 9.98. The third-order valence-corrected chi connectivity index (χ3v) is 7.52. The van der Waals surface area contributed by atoms with Crippen LogP contribution in [0.1, 0.15) is 82.1 Å². The van der Waals surface area contributed by atoms with Gasteiger partial charge in [-0.1, -0.05) is 63.1 Å². The number of benzene rings is 2. The summed E-state index contributed by atoms with van der Waals surface area (Å²) in [5, 5.41) is 0. The number of carbonyl (C=O) groups excluding carboxylic acids is 2. The van der Waals surface area contributed by atoms with Crippen molar-refractivity contribution in [2.24, 2.45) is 0 Å². The lowest BCUT2D eigenvalue weighted by Crippen LogP contribution is -2.15. The quantitative estimate of drug-likeness (QED) is 0.428. The summed E-state index contributed by atoms with van der Waals surface area (Å²) in [6, 6.07) is 10.2. The first kappa shape index (κ1) is 22.5. The van der Waals surface area contributed by atoms with Crippen LogP contribution < -0.4 is 0 Å². The highest BCUT2D eigenvalue weighted by Crippen LogP contribution is 2.46. The van der Waals surface area contributed by atoms with Crippen LogP contribution in [0.15, 0.2) is 30.3 Å². The first-order chi connectivity index (χ1) is 13.3. The van der Waals surface area contributed by atoms with Gasteiger partial charge in [0.2, 0.25) is 0 Å². The molecule has 0 aliphatic rings. The van der Waals surface area contributed by atoms with E-state index in [1.165, 1.54) is 0 Å². The average Bonchev–Trinajstić information content (AvgIpc) is 2.66. The molecule has 150 valence electrons. The minimum atomic E-state index is -1.41. The molecule has 0 spiro atoms. The fourth-order valence-electron chi connectivity index (χ4n) is 3.92. The van der Waals surface area contributed by atoms with Gasteiger partial charge in [0, 0.05) is 19.0 Å². The Morgan fingerprint density at radius 3 is 1.79 bits per heavy atom. The van der Waals surface area contributed by atoms with Crippen molar-refractivity contribution in [3.05, 3.63) is 69.3 Å². The number of unbranched alkanes of at least 4 members (excludes halogenated alkanes) is 1. The van der Waals surface area contributed by atoms with Crippen molar-refractivity contribution in [2.45, 2.75) is 67.2 Å². The Hall–Kier alpha value is -1.79. The van der Waals surface area contributed by atoms with Crippen LogP contribution in [0.2, 0.25) is 0 Å². The molecule has 1 atom stereocenters. The van der Waals surface area contributed by atoms with E-state index in [9.17, 15) is 9.59 Å². The first-order valence-corrected chi connectivity index (χ1v) is 11.9. The summed E-state index contributed by atoms with van der Waals surface area (Å²) in [6.07, 6.45) is 4.19. The van der Waals surface area contributed by atoms with E-state index in [-0.39, 0.29) is 11.0 Å². The molecule has 1 unspecified atom stereocenters. The van der Waals surface area contributed by atoms with E-state index < -0.39 is 7.92 Å². The SMILES string of the molecule is CCCCP(C(=O)c1c(C)cc(C)cc1C)C(=O)c1c(CC)cccc1CC. The van der Waals surface area contributed by atoms with Crippen LogP contribution in [0, 0.1) is 20.8 Å². The van der Waals surface area contributed by atoms with E-state index in [1.54, 1.807) is 0 Å². The molecule has 0 bridgehead atoms. The zero-order valence-corrected chi connectivity index (χ0v) is 19.1. The number of rotatable bonds is 9. The number of hydrogen-bond donors (Lipinski definition) is 0. The van der Waals surface area contributed by atoms with Gasteiger partial charge in [-0.15, -0.1) is 0 Å². The normalized spacial score (nSPS) is 12.1. The van der Waals surface area contributed by atoms with Crippen molar-refractivity contribution in [3.8, 4) is 0 Å². The molecule has 2 aromatic carbocycles. The van der Waals surface area contributed by atoms with Crippen molar-refractivity contribution in [3.63, 3.8) is 0 Å². The maximum absolute atomic E-state index is 13.7. The lowest BCUT2D eigenvalue weighted by Gasteiger charge is -2.21.